The highest BCUT2D eigenvalue weighted by Crippen LogP contribution is 2.36. The maximum Gasteiger partial charge on any atom is 0.418 e. The lowest BCUT2D eigenvalue weighted by Gasteiger charge is -2.15. The van der Waals surface area contributed by atoms with Crippen molar-refractivity contribution in [1.82, 2.24) is 0 Å². The summed E-state index contributed by atoms with van der Waals surface area (Å²) in [5, 5.41) is 5.03. The van der Waals surface area contributed by atoms with Crippen LogP contribution in [0.5, 0.6) is 0 Å². The molecule has 0 atom stereocenters. The fraction of sp³-hybridized carbons (Fsp3) is 0.176. The SMILES string of the molecule is CC(=O)Nc1ccc(NC(=O)Cc2ccc(Cl)cc2)c(C(F)(F)F)c1. The van der Waals surface area contributed by atoms with Crippen molar-refractivity contribution in [3.05, 3.63) is 58.6 Å². The lowest BCUT2D eigenvalue weighted by Crippen LogP contribution is -2.19. The van der Waals surface area contributed by atoms with Gasteiger partial charge in [-0.3, -0.25) is 9.59 Å². The van der Waals surface area contributed by atoms with Gasteiger partial charge in [0.1, 0.15) is 0 Å². The van der Waals surface area contributed by atoms with Crippen molar-refractivity contribution in [2.45, 2.75) is 19.5 Å². The second-order valence-corrected chi connectivity index (χ2v) is 5.73. The molecule has 2 N–H and O–H groups in total. The maximum absolute atomic E-state index is 13.2. The number of benzene rings is 2. The lowest BCUT2D eigenvalue weighted by atomic mass is 10.1. The Balaban J connectivity index is 2.21. The molecule has 0 heterocycles. The van der Waals surface area contributed by atoms with Gasteiger partial charge in [0.05, 0.1) is 17.7 Å². The van der Waals surface area contributed by atoms with Gasteiger partial charge in [-0.2, -0.15) is 13.2 Å². The van der Waals surface area contributed by atoms with E-state index < -0.39 is 23.6 Å². The van der Waals surface area contributed by atoms with Crippen LogP contribution in [0.4, 0.5) is 24.5 Å². The predicted octanol–water partition coefficient (Wildman–Crippen LogP) is 4.50. The zero-order chi connectivity index (χ0) is 18.6. The first-order chi connectivity index (χ1) is 11.6. The first kappa shape index (κ1) is 18.8. The topological polar surface area (TPSA) is 58.2 Å². The first-order valence-electron chi connectivity index (χ1n) is 7.18. The molecule has 4 nitrogen and oxygen atoms in total. The van der Waals surface area contributed by atoms with Crippen LogP contribution in [0, 0.1) is 0 Å². The molecule has 132 valence electrons. The Morgan fingerprint density at radius 3 is 2.24 bits per heavy atom. The van der Waals surface area contributed by atoms with Gasteiger partial charge in [0.25, 0.3) is 0 Å². The number of alkyl halides is 3. The van der Waals surface area contributed by atoms with Gasteiger partial charge in [0.15, 0.2) is 0 Å². The van der Waals surface area contributed by atoms with Crippen LogP contribution < -0.4 is 10.6 Å². The minimum Gasteiger partial charge on any atom is -0.326 e. The largest absolute Gasteiger partial charge is 0.418 e. The van der Waals surface area contributed by atoms with Crippen molar-refractivity contribution in [3.63, 3.8) is 0 Å². The summed E-state index contributed by atoms with van der Waals surface area (Å²) in [7, 11) is 0. The Labute approximate surface area is 147 Å². The van der Waals surface area contributed by atoms with Gasteiger partial charge >= 0.3 is 6.18 Å². The number of halogens is 4. The molecule has 0 aliphatic carbocycles. The van der Waals surface area contributed by atoms with E-state index in [1.807, 2.05) is 0 Å². The van der Waals surface area contributed by atoms with Gasteiger partial charge in [0.2, 0.25) is 11.8 Å². The molecule has 2 aromatic carbocycles. The summed E-state index contributed by atoms with van der Waals surface area (Å²) < 4.78 is 39.6. The zero-order valence-electron chi connectivity index (χ0n) is 13.1. The molecular weight excluding hydrogens is 357 g/mol. The molecule has 8 heteroatoms. The number of amides is 2. The summed E-state index contributed by atoms with van der Waals surface area (Å²) >= 11 is 5.74. The average Bonchev–Trinajstić information content (AvgIpc) is 2.49. The third-order valence-corrected chi connectivity index (χ3v) is 3.45. The van der Waals surface area contributed by atoms with Crippen LogP contribution in [0.3, 0.4) is 0 Å². The van der Waals surface area contributed by atoms with Gasteiger partial charge in [-0.05, 0) is 35.9 Å². The second kappa shape index (κ2) is 7.57. The van der Waals surface area contributed by atoms with Crippen molar-refractivity contribution >= 4 is 34.8 Å². The summed E-state index contributed by atoms with van der Waals surface area (Å²) in [6.45, 7) is 1.19. The highest BCUT2D eigenvalue weighted by atomic mass is 35.5. The lowest BCUT2D eigenvalue weighted by molar-refractivity contribution is -0.137. The molecule has 2 amide bonds. The Hall–Kier alpha value is -2.54. The monoisotopic (exact) mass is 370 g/mol. The van der Waals surface area contributed by atoms with E-state index in [0.29, 0.717) is 10.6 Å². The minimum atomic E-state index is -4.68. The van der Waals surface area contributed by atoms with Crippen molar-refractivity contribution < 1.29 is 22.8 Å². The Kier molecular flexibility index (Phi) is 5.69. The summed E-state index contributed by atoms with van der Waals surface area (Å²) in [6, 6.07) is 9.59. The Morgan fingerprint density at radius 2 is 1.68 bits per heavy atom. The van der Waals surface area contributed by atoms with E-state index in [0.717, 1.165) is 12.1 Å². The molecule has 0 aromatic heterocycles. The second-order valence-electron chi connectivity index (χ2n) is 5.29. The highest BCUT2D eigenvalue weighted by molar-refractivity contribution is 6.30. The fourth-order valence-electron chi connectivity index (χ4n) is 2.15. The molecule has 2 aromatic rings. The molecule has 0 bridgehead atoms. The predicted molar refractivity (Wildman–Crippen MR) is 89.5 cm³/mol. The number of carbonyl (C=O) groups is 2. The van der Waals surface area contributed by atoms with Crippen molar-refractivity contribution in [2.75, 3.05) is 10.6 Å². The van der Waals surface area contributed by atoms with Gasteiger partial charge in [-0.25, -0.2) is 0 Å². The van der Waals surface area contributed by atoms with Gasteiger partial charge in [0, 0.05) is 17.6 Å². The van der Waals surface area contributed by atoms with E-state index in [2.05, 4.69) is 10.6 Å². The fourth-order valence-corrected chi connectivity index (χ4v) is 2.28. The van der Waals surface area contributed by atoms with Crippen molar-refractivity contribution in [2.24, 2.45) is 0 Å². The third kappa shape index (κ3) is 5.49. The summed E-state index contributed by atoms with van der Waals surface area (Å²) in [5.41, 5.74) is -0.801. The molecule has 0 aliphatic rings. The normalized spacial score (nSPS) is 11.1. The molecule has 0 unspecified atom stereocenters. The summed E-state index contributed by atoms with van der Waals surface area (Å²) in [6.07, 6.45) is -4.78. The van der Waals surface area contributed by atoms with Crippen molar-refractivity contribution in [1.29, 1.82) is 0 Å². The van der Waals surface area contributed by atoms with Crippen LogP contribution in [0.15, 0.2) is 42.5 Å². The molecule has 0 saturated heterocycles. The molecular formula is C17H14ClF3N2O2. The first-order valence-corrected chi connectivity index (χ1v) is 7.56. The molecule has 25 heavy (non-hydrogen) atoms. The number of carbonyl (C=O) groups excluding carboxylic acids is 2. The van der Waals surface area contributed by atoms with E-state index in [9.17, 15) is 22.8 Å². The molecule has 0 fully saturated rings. The Morgan fingerprint density at radius 1 is 1.04 bits per heavy atom. The van der Waals surface area contributed by atoms with Gasteiger partial charge in [-0.15, -0.1) is 0 Å². The summed E-state index contributed by atoms with van der Waals surface area (Å²) in [4.78, 5) is 23.0. The van der Waals surface area contributed by atoms with Crippen LogP contribution in [0.2, 0.25) is 5.02 Å². The number of rotatable bonds is 4. The van der Waals surface area contributed by atoms with Crippen LogP contribution >= 0.6 is 11.6 Å². The van der Waals surface area contributed by atoms with Crippen molar-refractivity contribution in [3.8, 4) is 0 Å². The highest BCUT2D eigenvalue weighted by Gasteiger charge is 2.34. The van der Waals surface area contributed by atoms with E-state index in [1.165, 1.54) is 13.0 Å². The van der Waals surface area contributed by atoms with E-state index in [-0.39, 0.29) is 17.8 Å². The van der Waals surface area contributed by atoms with Crippen LogP contribution in [0.1, 0.15) is 18.1 Å². The van der Waals surface area contributed by atoms with E-state index >= 15 is 0 Å². The van der Waals surface area contributed by atoms with E-state index in [1.54, 1.807) is 24.3 Å². The van der Waals surface area contributed by atoms with E-state index in [4.69, 9.17) is 11.6 Å². The van der Waals surface area contributed by atoms with Gasteiger partial charge in [-0.1, -0.05) is 23.7 Å². The standard InChI is InChI=1S/C17H14ClF3N2O2/c1-10(24)22-13-6-7-15(14(9-13)17(19,20)21)23-16(25)8-11-2-4-12(18)5-3-11/h2-7,9H,8H2,1H3,(H,22,24)(H,23,25). The zero-order valence-corrected chi connectivity index (χ0v) is 13.8. The molecule has 0 aliphatic heterocycles. The molecule has 0 radical (unpaired) electrons. The van der Waals surface area contributed by atoms with Crippen LogP contribution in [-0.2, 0) is 22.2 Å². The number of hydrogen-bond acceptors (Lipinski definition) is 2. The number of nitrogens with one attached hydrogen (secondary N) is 2. The minimum absolute atomic E-state index is 0.00414. The Bertz CT molecular complexity index is 789. The smallest absolute Gasteiger partial charge is 0.326 e. The maximum atomic E-state index is 13.2. The number of hydrogen-bond donors (Lipinski definition) is 2. The molecule has 0 spiro atoms. The van der Waals surface area contributed by atoms with Crippen LogP contribution in [-0.4, -0.2) is 11.8 Å². The quantitative estimate of drug-likeness (QED) is 0.832. The average molecular weight is 371 g/mol. The number of anilines is 2. The van der Waals surface area contributed by atoms with Gasteiger partial charge < -0.3 is 10.6 Å². The molecule has 2 rings (SSSR count). The molecule has 0 saturated carbocycles. The van der Waals surface area contributed by atoms with Crippen LogP contribution in [0.25, 0.3) is 0 Å². The summed E-state index contributed by atoms with van der Waals surface area (Å²) in [5.74, 6) is -1.09. The third-order valence-electron chi connectivity index (χ3n) is 3.20.